The van der Waals surface area contributed by atoms with Gasteiger partial charge in [-0.05, 0) is 64.7 Å². The van der Waals surface area contributed by atoms with Gasteiger partial charge in [0.15, 0.2) is 0 Å². The molecule has 1 amide bonds. The third-order valence-electron chi connectivity index (χ3n) is 5.38. The van der Waals surface area contributed by atoms with E-state index in [4.69, 9.17) is 14.2 Å². The Kier molecular flexibility index (Phi) is 8.52. The molecule has 1 saturated heterocycles. The summed E-state index contributed by atoms with van der Waals surface area (Å²) in [7, 11) is 3.13. The van der Waals surface area contributed by atoms with Crippen LogP contribution in [0.2, 0.25) is 0 Å². The molecule has 7 nitrogen and oxygen atoms in total. The number of halogens is 1. The molecule has 0 saturated carbocycles. The molecular weight excluding hydrogens is 490 g/mol. The topological polar surface area (TPSA) is 85.3 Å². The summed E-state index contributed by atoms with van der Waals surface area (Å²) < 4.78 is 16.6. The Bertz CT molecular complexity index is 1030. The molecule has 2 aromatic rings. The maximum Gasteiger partial charge on any atom is 0.295 e. The lowest BCUT2D eigenvalue weighted by Gasteiger charge is -2.25. The van der Waals surface area contributed by atoms with Crippen LogP contribution in [0, 0.1) is 0 Å². The van der Waals surface area contributed by atoms with E-state index in [1.807, 2.05) is 31.2 Å². The zero-order valence-electron chi connectivity index (χ0n) is 19.0. The van der Waals surface area contributed by atoms with Crippen LogP contribution in [0.3, 0.4) is 0 Å². The maximum absolute atomic E-state index is 13.1. The summed E-state index contributed by atoms with van der Waals surface area (Å²) in [5, 5.41) is 11.2. The van der Waals surface area contributed by atoms with Gasteiger partial charge < -0.3 is 24.2 Å². The first-order chi connectivity index (χ1) is 15.9. The van der Waals surface area contributed by atoms with Gasteiger partial charge in [-0.15, -0.1) is 0 Å². The lowest BCUT2D eigenvalue weighted by atomic mass is 9.95. The van der Waals surface area contributed by atoms with Crippen molar-refractivity contribution in [3.05, 3.63) is 63.6 Å². The highest BCUT2D eigenvalue weighted by Crippen LogP contribution is 2.40. The number of ketones is 1. The zero-order chi connectivity index (χ0) is 24.0. The van der Waals surface area contributed by atoms with Crippen LogP contribution in [-0.2, 0) is 14.3 Å². The average Bonchev–Trinajstić information content (AvgIpc) is 3.07. The molecule has 1 unspecified atom stereocenters. The number of likely N-dealkylation sites (tertiary alicyclic amines) is 1. The molecule has 176 valence electrons. The molecule has 2 aromatic carbocycles. The molecular formula is C25H28BrNO6. The number of nitrogens with zero attached hydrogens (tertiary/aromatic N) is 1. The minimum absolute atomic E-state index is 0.0525. The molecule has 0 aliphatic carbocycles. The van der Waals surface area contributed by atoms with Crippen molar-refractivity contribution in [3.63, 3.8) is 0 Å². The van der Waals surface area contributed by atoms with Gasteiger partial charge >= 0.3 is 0 Å². The third kappa shape index (κ3) is 5.39. The van der Waals surface area contributed by atoms with Crippen molar-refractivity contribution in [3.8, 4) is 11.5 Å². The quantitative estimate of drug-likeness (QED) is 0.212. The predicted molar refractivity (Wildman–Crippen MR) is 128 cm³/mol. The predicted octanol–water partition coefficient (Wildman–Crippen LogP) is 4.70. The van der Waals surface area contributed by atoms with E-state index in [1.165, 1.54) is 4.90 Å². The number of amides is 1. The third-order valence-corrected chi connectivity index (χ3v) is 6.00. The summed E-state index contributed by atoms with van der Waals surface area (Å²) >= 11 is 3.40. The molecule has 8 heteroatoms. The highest BCUT2D eigenvalue weighted by molar-refractivity contribution is 9.10. The van der Waals surface area contributed by atoms with E-state index in [0.717, 1.165) is 6.42 Å². The van der Waals surface area contributed by atoms with Crippen molar-refractivity contribution in [2.75, 3.05) is 34.0 Å². The average molecular weight is 518 g/mol. The summed E-state index contributed by atoms with van der Waals surface area (Å²) in [5.41, 5.74) is 1.17. The monoisotopic (exact) mass is 517 g/mol. The Morgan fingerprint density at radius 1 is 1.09 bits per heavy atom. The van der Waals surface area contributed by atoms with Crippen LogP contribution in [0.1, 0.15) is 36.9 Å². The van der Waals surface area contributed by atoms with Crippen molar-refractivity contribution < 1.29 is 28.9 Å². The molecule has 1 aliphatic rings. The van der Waals surface area contributed by atoms with Crippen LogP contribution in [0.25, 0.3) is 5.76 Å². The number of aliphatic hydroxyl groups excluding tert-OH is 1. The summed E-state index contributed by atoms with van der Waals surface area (Å²) in [4.78, 5) is 27.5. The van der Waals surface area contributed by atoms with E-state index in [9.17, 15) is 14.7 Å². The van der Waals surface area contributed by atoms with E-state index >= 15 is 0 Å². The van der Waals surface area contributed by atoms with Crippen molar-refractivity contribution in [2.45, 2.75) is 25.8 Å². The van der Waals surface area contributed by atoms with Crippen molar-refractivity contribution in [2.24, 2.45) is 0 Å². The van der Waals surface area contributed by atoms with Crippen molar-refractivity contribution in [1.29, 1.82) is 0 Å². The van der Waals surface area contributed by atoms with Crippen LogP contribution in [0.5, 0.6) is 11.5 Å². The van der Waals surface area contributed by atoms with Gasteiger partial charge in [0.25, 0.3) is 11.7 Å². The van der Waals surface area contributed by atoms with Crippen LogP contribution in [-0.4, -0.2) is 55.7 Å². The molecule has 1 fully saturated rings. The Morgan fingerprint density at radius 3 is 2.42 bits per heavy atom. The summed E-state index contributed by atoms with van der Waals surface area (Å²) in [5.74, 6) is -0.297. The molecule has 1 heterocycles. The Morgan fingerprint density at radius 2 is 1.82 bits per heavy atom. The molecule has 0 radical (unpaired) electrons. The molecule has 0 spiro atoms. The first-order valence-electron chi connectivity index (χ1n) is 10.8. The fraction of sp³-hybridized carbons (Fsp3) is 0.360. The van der Waals surface area contributed by atoms with E-state index < -0.39 is 17.7 Å². The van der Waals surface area contributed by atoms with Gasteiger partial charge in [0.05, 0.1) is 29.8 Å². The van der Waals surface area contributed by atoms with E-state index in [2.05, 4.69) is 15.9 Å². The molecule has 3 rings (SSSR count). The van der Waals surface area contributed by atoms with Gasteiger partial charge in [-0.25, -0.2) is 0 Å². The minimum Gasteiger partial charge on any atom is -0.507 e. The second-order valence-electron chi connectivity index (χ2n) is 7.61. The molecule has 0 bridgehead atoms. The van der Waals surface area contributed by atoms with Crippen LogP contribution >= 0.6 is 15.9 Å². The number of aliphatic hydroxyl groups is 1. The summed E-state index contributed by atoms with van der Waals surface area (Å²) in [6.07, 6.45) is 1.45. The lowest BCUT2D eigenvalue weighted by molar-refractivity contribution is -0.140. The number of hydrogen-bond acceptors (Lipinski definition) is 6. The standard InChI is InChI=1S/C25H28BrNO6/c1-4-13-33-18-9-6-16(7-10-18)22-21(24(29)25(30)27(22)12-5-14-31-2)23(28)17-8-11-20(32-3)19(26)15-17/h6-11,15,22,28H,4-5,12-14H2,1-3H3/b23-21-. The van der Waals surface area contributed by atoms with Gasteiger partial charge in [0, 0.05) is 25.8 Å². The fourth-order valence-corrected chi connectivity index (χ4v) is 4.31. The van der Waals surface area contributed by atoms with Gasteiger partial charge in [0.2, 0.25) is 0 Å². The van der Waals surface area contributed by atoms with Gasteiger partial charge in [-0.3, -0.25) is 9.59 Å². The Labute approximate surface area is 202 Å². The summed E-state index contributed by atoms with van der Waals surface area (Å²) in [6.45, 7) is 3.39. The van der Waals surface area contributed by atoms with Crippen molar-refractivity contribution >= 4 is 33.4 Å². The highest BCUT2D eigenvalue weighted by atomic mass is 79.9. The van der Waals surface area contributed by atoms with Gasteiger partial charge in [-0.1, -0.05) is 19.1 Å². The number of methoxy groups -OCH3 is 2. The van der Waals surface area contributed by atoms with E-state index in [-0.39, 0.29) is 11.3 Å². The fourth-order valence-electron chi connectivity index (χ4n) is 3.77. The Balaban J connectivity index is 2.07. The first kappa shape index (κ1) is 24.8. The molecule has 33 heavy (non-hydrogen) atoms. The van der Waals surface area contributed by atoms with Crippen LogP contribution in [0.15, 0.2) is 52.5 Å². The highest BCUT2D eigenvalue weighted by Gasteiger charge is 2.45. The zero-order valence-corrected chi connectivity index (χ0v) is 20.6. The number of benzene rings is 2. The number of rotatable bonds is 10. The molecule has 1 aliphatic heterocycles. The van der Waals surface area contributed by atoms with Crippen LogP contribution in [0.4, 0.5) is 0 Å². The van der Waals surface area contributed by atoms with Gasteiger partial charge in [-0.2, -0.15) is 0 Å². The number of hydrogen-bond donors (Lipinski definition) is 1. The number of carbonyl (C=O) groups is 2. The van der Waals surface area contributed by atoms with Crippen LogP contribution < -0.4 is 9.47 Å². The van der Waals surface area contributed by atoms with Crippen molar-refractivity contribution in [1.82, 2.24) is 4.90 Å². The first-order valence-corrected chi connectivity index (χ1v) is 11.6. The molecule has 1 N–H and O–H groups in total. The molecule has 0 aromatic heterocycles. The lowest BCUT2D eigenvalue weighted by Crippen LogP contribution is -2.31. The molecule has 1 atom stereocenters. The Hall–Kier alpha value is -2.84. The number of ether oxygens (including phenoxy) is 3. The summed E-state index contributed by atoms with van der Waals surface area (Å²) in [6, 6.07) is 11.5. The normalized spacial score (nSPS) is 17.5. The second-order valence-corrected chi connectivity index (χ2v) is 8.46. The second kappa shape index (κ2) is 11.3. The number of carbonyl (C=O) groups excluding carboxylic acids is 2. The van der Waals surface area contributed by atoms with Gasteiger partial charge in [0.1, 0.15) is 17.3 Å². The maximum atomic E-state index is 13.1. The largest absolute Gasteiger partial charge is 0.507 e. The smallest absolute Gasteiger partial charge is 0.295 e. The minimum atomic E-state index is -0.719. The number of Topliss-reactive ketones (excluding diaryl/α,β-unsaturated/α-hetero) is 1. The van der Waals surface area contributed by atoms with E-state index in [1.54, 1.807) is 32.4 Å². The SMILES string of the molecule is CCCOc1ccc(C2/C(=C(/O)c3ccc(OC)c(Br)c3)C(=O)C(=O)N2CCCOC)cc1. The van der Waals surface area contributed by atoms with E-state index in [0.29, 0.717) is 53.3 Å².